The van der Waals surface area contributed by atoms with Crippen LogP contribution < -0.4 is 4.74 Å². The Morgan fingerprint density at radius 1 is 1.19 bits per heavy atom. The maximum atomic E-state index is 14.2. The molecule has 1 atom stereocenters. The van der Waals surface area contributed by atoms with Gasteiger partial charge in [-0.15, -0.1) is 0 Å². The van der Waals surface area contributed by atoms with Gasteiger partial charge in [0, 0.05) is 25.6 Å². The Balaban J connectivity index is 1.59. The van der Waals surface area contributed by atoms with Crippen LogP contribution in [0.3, 0.4) is 0 Å². The molecule has 0 bridgehead atoms. The van der Waals surface area contributed by atoms with Crippen LogP contribution in [-0.4, -0.2) is 46.2 Å². The van der Waals surface area contributed by atoms with Gasteiger partial charge in [0.1, 0.15) is 17.8 Å². The van der Waals surface area contributed by atoms with Crippen LogP contribution in [0.2, 0.25) is 0 Å². The molecule has 0 radical (unpaired) electrons. The third kappa shape index (κ3) is 5.27. The first-order valence-electron chi connectivity index (χ1n) is 12.4. The van der Waals surface area contributed by atoms with E-state index in [1.807, 2.05) is 56.9 Å². The Bertz CT molecular complexity index is 1240. The lowest BCUT2D eigenvalue weighted by molar-refractivity contribution is -0.136. The molecule has 2 amide bonds. The second-order valence-electron chi connectivity index (χ2n) is 9.15. The van der Waals surface area contributed by atoms with E-state index in [-0.39, 0.29) is 35.9 Å². The average Bonchev–Trinajstić information content (AvgIpc) is 3.36. The fourth-order valence-electron chi connectivity index (χ4n) is 4.58. The lowest BCUT2D eigenvalue weighted by Crippen LogP contribution is -2.42. The zero-order valence-electron chi connectivity index (χ0n) is 21.2. The molecule has 0 saturated heterocycles. The number of rotatable bonds is 8. The summed E-state index contributed by atoms with van der Waals surface area (Å²) in [6.45, 7) is 9.35. The van der Waals surface area contributed by atoms with E-state index < -0.39 is 6.04 Å². The van der Waals surface area contributed by atoms with E-state index in [4.69, 9.17) is 9.15 Å². The summed E-state index contributed by atoms with van der Waals surface area (Å²) in [5.74, 6) is 0.177. The van der Waals surface area contributed by atoms with E-state index >= 15 is 0 Å². The summed E-state index contributed by atoms with van der Waals surface area (Å²) in [5.41, 5.74) is 2.96. The van der Waals surface area contributed by atoms with E-state index in [2.05, 4.69) is 4.98 Å². The number of carbonyl (C=O) groups excluding carboxylic acids is 2. The molecule has 3 aromatic rings. The standard InChI is InChI=1S/C28H32FN3O4/c1-5-31(6-2)28(34)24-16-36-25(30-24)17-35-22-11-10-19-12-13-32(27(33)18(3)4)26(23(19)15-22)20-8-7-9-21(29)14-20/h7-11,14-16,18,26H,5-6,12-13,17H2,1-4H3/t26-/m0/s1. The molecule has 0 saturated carbocycles. The summed E-state index contributed by atoms with van der Waals surface area (Å²) in [6.07, 6.45) is 2.05. The maximum Gasteiger partial charge on any atom is 0.275 e. The van der Waals surface area contributed by atoms with Gasteiger partial charge < -0.3 is 19.0 Å². The van der Waals surface area contributed by atoms with Crippen LogP contribution in [0.15, 0.2) is 53.1 Å². The molecule has 0 N–H and O–H groups in total. The molecule has 0 aliphatic carbocycles. The number of fused-ring (bicyclic) bond motifs is 1. The van der Waals surface area contributed by atoms with Gasteiger partial charge >= 0.3 is 0 Å². The predicted octanol–water partition coefficient (Wildman–Crippen LogP) is 5.00. The van der Waals surface area contributed by atoms with Crippen LogP contribution in [0.5, 0.6) is 5.75 Å². The minimum atomic E-state index is -0.414. The number of ether oxygens (including phenoxy) is 1. The van der Waals surface area contributed by atoms with Crippen molar-refractivity contribution >= 4 is 11.8 Å². The molecule has 0 fully saturated rings. The zero-order valence-corrected chi connectivity index (χ0v) is 21.2. The van der Waals surface area contributed by atoms with Crippen molar-refractivity contribution in [3.63, 3.8) is 0 Å². The van der Waals surface area contributed by atoms with Gasteiger partial charge in [-0.25, -0.2) is 9.37 Å². The second kappa shape index (κ2) is 10.9. The first-order chi connectivity index (χ1) is 17.3. The first kappa shape index (κ1) is 25.4. The fourth-order valence-corrected chi connectivity index (χ4v) is 4.58. The third-order valence-electron chi connectivity index (χ3n) is 6.47. The van der Waals surface area contributed by atoms with E-state index in [1.54, 1.807) is 11.0 Å². The molecule has 7 nitrogen and oxygen atoms in total. The molecule has 36 heavy (non-hydrogen) atoms. The van der Waals surface area contributed by atoms with Gasteiger partial charge in [0.05, 0.1) is 6.04 Å². The van der Waals surface area contributed by atoms with E-state index in [9.17, 15) is 14.0 Å². The van der Waals surface area contributed by atoms with Gasteiger partial charge in [-0.1, -0.05) is 32.0 Å². The van der Waals surface area contributed by atoms with Crippen LogP contribution >= 0.6 is 0 Å². The number of hydrogen-bond donors (Lipinski definition) is 0. The Morgan fingerprint density at radius 2 is 1.97 bits per heavy atom. The molecule has 1 aromatic heterocycles. The molecule has 1 aliphatic rings. The van der Waals surface area contributed by atoms with Crippen LogP contribution in [0.1, 0.15) is 66.8 Å². The number of benzene rings is 2. The minimum Gasteiger partial charge on any atom is -0.484 e. The number of amides is 2. The van der Waals surface area contributed by atoms with Crippen molar-refractivity contribution < 1.29 is 23.1 Å². The van der Waals surface area contributed by atoms with Gasteiger partial charge in [0.15, 0.2) is 12.3 Å². The molecule has 190 valence electrons. The van der Waals surface area contributed by atoms with Crippen molar-refractivity contribution in [1.29, 1.82) is 0 Å². The average molecular weight is 494 g/mol. The number of hydrogen-bond acceptors (Lipinski definition) is 5. The lowest BCUT2D eigenvalue weighted by Gasteiger charge is -2.39. The Kier molecular flexibility index (Phi) is 7.72. The van der Waals surface area contributed by atoms with Gasteiger partial charge in [-0.05, 0) is 61.2 Å². The summed E-state index contributed by atoms with van der Waals surface area (Å²) >= 11 is 0. The molecular weight excluding hydrogens is 461 g/mol. The van der Waals surface area contributed by atoms with Crippen LogP contribution in [0.25, 0.3) is 0 Å². The van der Waals surface area contributed by atoms with E-state index in [0.717, 1.165) is 11.1 Å². The van der Waals surface area contributed by atoms with Gasteiger partial charge in [0.25, 0.3) is 5.91 Å². The van der Waals surface area contributed by atoms with Crippen LogP contribution in [0.4, 0.5) is 4.39 Å². The first-order valence-corrected chi connectivity index (χ1v) is 12.4. The second-order valence-corrected chi connectivity index (χ2v) is 9.15. The summed E-state index contributed by atoms with van der Waals surface area (Å²) in [6, 6.07) is 11.7. The summed E-state index contributed by atoms with van der Waals surface area (Å²) in [5, 5.41) is 0. The highest BCUT2D eigenvalue weighted by Gasteiger charge is 2.33. The monoisotopic (exact) mass is 493 g/mol. The quantitative estimate of drug-likeness (QED) is 0.441. The minimum absolute atomic E-state index is 0.0198. The Hall–Kier alpha value is -3.68. The number of carbonyl (C=O) groups is 2. The third-order valence-corrected chi connectivity index (χ3v) is 6.47. The van der Waals surface area contributed by atoms with Crippen molar-refractivity contribution in [2.24, 2.45) is 5.92 Å². The fraction of sp³-hybridized carbons (Fsp3) is 0.393. The van der Waals surface area contributed by atoms with Crippen LogP contribution in [-0.2, 0) is 17.8 Å². The van der Waals surface area contributed by atoms with Crippen LogP contribution in [0, 0.1) is 11.7 Å². The Morgan fingerprint density at radius 3 is 2.67 bits per heavy atom. The van der Waals surface area contributed by atoms with Crippen molar-refractivity contribution in [2.75, 3.05) is 19.6 Å². The highest BCUT2D eigenvalue weighted by molar-refractivity contribution is 5.91. The molecule has 2 heterocycles. The van der Waals surface area contributed by atoms with E-state index in [1.165, 1.54) is 18.4 Å². The Labute approximate surface area is 210 Å². The molecular formula is C28H32FN3O4. The zero-order chi connectivity index (χ0) is 25.8. The molecule has 0 unspecified atom stereocenters. The molecule has 8 heteroatoms. The van der Waals surface area contributed by atoms with Gasteiger partial charge in [0.2, 0.25) is 11.8 Å². The summed E-state index contributed by atoms with van der Waals surface area (Å²) < 4.78 is 25.6. The molecule has 0 spiro atoms. The maximum absolute atomic E-state index is 14.2. The van der Waals surface area contributed by atoms with Crippen molar-refractivity contribution in [1.82, 2.24) is 14.8 Å². The van der Waals surface area contributed by atoms with Gasteiger partial charge in [-0.2, -0.15) is 0 Å². The predicted molar refractivity (Wildman–Crippen MR) is 133 cm³/mol. The number of nitrogens with zero attached hydrogens (tertiary/aromatic N) is 3. The highest BCUT2D eigenvalue weighted by atomic mass is 19.1. The molecule has 4 rings (SSSR count). The van der Waals surface area contributed by atoms with Gasteiger partial charge in [-0.3, -0.25) is 9.59 Å². The highest BCUT2D eigenvalue weighted by Crippen LogP contribution is 2.38. The van der Waals surface area contributed by atoms with Crippen molar-refractivity contribution in [2.45, 2.75) is 46.8 Å². The topological polar surface area (TPSA) is 75.9 Å². The normalized spacial score (nSPS) is 15.1. The largest absolute Gasteiger partial charge is 0.484 e. The molecule has 2 aromatic carbocycles. The summed E-state index contributed by atoms with van der Waals surface area (Å²) in [7, 11) is 0. The molecule has 1 aliphatic heterocycles. The SMILES string of the molecule is CCN(CC)C(=O)c1coc(COc2ccc3c(c2)[C@H](c2cccc(F)c2)N(C(=O)C(C)C)CC3)n1. The van der Waals surface area contributed by atoms with E-state index in [0.29, 0.717) is 43.3 Å². The summed E-state index contributed by atoms with van der Waals surface area (Å²) in [4.78, 5) is 33.3. The number of halogens is 1. The lowest BCUT2D eigenvalue weighted by atomic mass is 9.87. The van der Waals surface area contributed by atoms with Crippen molar-refractivity contribution in [3.05, 3.63) is 82.8 Å². The number of aromatic nitrogens is 1. The smallest absolute Gasteiger partial charge is 0.275 e. The van der Waals surface area contributed by atoms with Crippen molar-refractivity contribution in [3.8, 4) is 5.75 Å². The number of oxazole rings is 1.